The molecule has 0 aliphatic heterocycles. The Kier molecular flexibility index (Phi) is 5.11. The molecule has 0 fully saturated rings. The third-order valence-corrected chi connectivity index (χ3v) is 4.30. The molecular formula is C19H16ClN7O. The quantitative estimate of drug-likeness (QED) is 0.544. The number of benzene rings is 2. The molecule has 4 rings (SSSR count). The van der Waals surface area contributed by atoms with Gasteiger partial charge >= 0.3 is 0 Å². The number of hydrogen-bond donors (Lipinski definition) is 1. The lowest BCUT2D eigenvalue weighted by atomic mass is 10.1. The summed E-state index contributed by atoms with van der Waals surface area (Å²) in [6, 6.07) is 15.1. The molecule has 0 aliphatic rings. The average Bonchev–Trinajstić information content (AvgIpc) is 3.35. The van der Waals surface area contributed by atoms with Crippen LogP contribution >= 0.6 is 11.6 Å². The maximum absolute atomic E-state index is 12.3. The van der Waals surface area contributed by atoms with E-state index in [1.54, 1.807) is 21.8 Å². The van der Waals surface area contributed by atoms with Crippen LogP contribution in [0.25, 0.3) is 5.69 Å². The maximum atomic E-state index is 12.3. The van der Waals surface area contributed by atoms with Gasteiger partial charge in [0.25, 0.3) is 0 Å². The molecule has 2 heterocycles. The number of carbonyl (C=O) groups excluding carboxylic acids is 1. The fraction of sp³-hybridized carbons (Fsp3) is 0.105. The van der Waals surface area contributed by atoms with Gasteiger partial charge < -0.3 is 5.32 Å². The van der Waals surface area contributed by atoms with E-state index in [-0.39, 0.29) is 12.3 Å². The van der Waals surface area contributed by atoms with Gasteiger partial charge in [0.1, 0.15) is 6.33 Å². The van der Waals surface area contributed by atoms with Gasteiger partial charge in [-0.2, -0.15) is 5.10 Å². The zero-order valence-corrected chi connectivity index (χ0v) is 15.5. The number of amides is 1. The monoisotopic (exact) mass is 393 g/mol. The molecule has 0 aliphatic carbocycles. The topological polar surface area (TPSA) is 90.5 Å². The highest BCUT2D eigenvalue weighted by atomic mass is 35.5. The van der Waals surface area contributed by atoms with Crippen molar-refractivity contribution in [2.75, 3.05) is 5.32 Å². The number of halogens is 1. The highest BCUT2D eigenvalue weighted by molar-refractivity contribution is 6.30. The Hall–Kier alpha value is -3.52. The number of anilines is 1. The molecule has 28 heavy (non-hydrogen) atoms. The number of tetrazole rings is 1. The molecule has 2 aromatic carbocycles. The molecule has 0 bridgehead atoms. The second-order valence-electron chi connectivity index (χ2n) is 6.20. The van der Waals surface area contributed by atoms with Crippen molar-refractivity contribution in [2.24, 2.45) is 0 Å². The van der Waals surface area contributed by atoms with Gasteiger partial charge in [-0.25, -0.2) is 4.68 Å². The summed E-state index contributed by atoms with van der Waals surface area (Å²) in [5.74, 6) is -0.113. The predicted molar refractivity (Wildman–Crippen MR) is 104 cm³/mol. The first kappa shape index (κ1) is 17.9. The van der Waals surface area contributed by atoms with Gasteiger partial charge in [0.2, 0.25) is 5.91 Å². The second-order valence-corrected chi connectivity index (χ2v) is 6.64. The maximum Gasteiger partial charge on any atom is 0.228 e. The molecule has 0 saturated carbocycles. The lowest BCUT2D eigenvalue weighted by Crippen LogP contribution is -2.14. The van der Waals surface area contributed by atoms with Gasteiger partial charge in [-0.15, -0.1) is 5.10 Å². The van der Waals surface area contributed by atoms with Gasteiger partial charge in [0, 0.05) is 11.2 Å². The number of rotatable bonds is 6. The van der Waals surface area contributed by atoms with E-state index in [1.807, 2.05) is 48.5 Å². The highest BCUT2D eigenvalue weighted by Gasteiger charge is 2.07. The highest BCUT2D eigenvalue weighted by Crippen LogP contribution is 2.14. The summed E-state index contributed by atoms with van der Waals surface area (Å²) >= 11 is 6.00. The van der Waals surface area contributed by atoms with Crippen LogP contribution in [0.1, 0.15) is 11.1 Å². The Bertz CT molecular complexity index is 1070. The standard InChI is InChI=1S/C19H16ClN7O/c20-16-3-1-2-15(8-16)11-26-12-17(10-22-26)23-19(28)9-14-4-6-18(7-5-14)27-13-21-24-25-27/h1-8,10,12-13H,9,11H2,(H,23,28). The first-order valence-corrected chi connectivity index (χ1v) is 8.92. The Balaban J connectivity index is 1.34. The Morgan fingerprint density at radius 1 is 1.11 bits per heavy atom. The molecule has 0 atom stereocenters. The lowest BCUT2D eigenvalue weighted by Gasteiger charge is -2.05. The Morgan fingerprint density at radius 2 is 1.96 bits per heavy atom. The summed E-state index contributed by atoms with van der Waals surface area (Å²) in [5.41, 5.74) is 3.41. The largest absolute Gasteiger partial charge is 0.323 e. The van der Waals surface area contributed by atoms with Gasteiger partial charge in [-0.05, 0) is 45.8 Å². The van der Waals surface area contributed by atoms with Gasteiger partial charge in [-0.3, -0.25) is 9.48 Å². The van der Waals surface area contributed by atoms with Crippen molar-refractivity contribution < 1.29 is 4.79 Å². The van der Waals surface area contributed by atoms with Gasteiger partial charge in [0.15, 0.2) is 0 Å². The summed E-state index contributed by atoms with van der Waals surface area (Å²) in [6.45, 7) is 0.578. The normalized spacial score (nSPS) is 10.8. The number of carbonyl (C=O) groups is 1. The van der Waals surface area contributed by atoms with E-state index < -0.39 is 0 Å². The summed E-state index contributed by atoms with van der Waals surface area (Å²) < 4.78 is 3.31. The van der Waals surface area contributed by atoms with E-state index in [4.69, 9.17) is 11.6 Å². The fourth-order valence-electron chi connectivity index (χ4n) is 2.77. The Morgan fingerprint density at radius 3 is 2.71 bits per heavy atom. The number of hydrogen-bond acceptors (Lipinski definition) is 5. The van der Waals surface area contributed by atoms with E-state index in [9.17, 15) is 4.79 Å². The molecule has 8 nitrogen and oxygen atoms in total. The molecule has 2 aromatic heterocycles. The molecular weight excluding hydrogens is 378 g/mol. The third kappa shape index (κ3) is 4.41. The second kappa shape index (κ2) is 8.01. The van der Waals surface area contributed by atoms with Crippen molar-refractivity contribution in [1.82, 2.24) is 30.0 Å². The van der Waals surface area contributed by atoms with E-state index >= 15 is 0 Å². The number of nitrogens with one attached hydrogen (secondary N) is 1. The molecule has 1 amide bonds. The van der Waals surface area contributed by atoms with Crippen molar-refractivity contribution >= 4 is 23.2 Å². The summed E-state index contributed by atoms with van der Waals surface area (Å²) in [4.78, 5) is 12.3. The van der Waals surface area contributed by atoms with Crippen LogP contribution in [0.4, 0.5) is 5.69 Å². The van der Waals surface area contributed by atoms with Crippen molar-refractivity contribution in [3.8, 4) is 5.69 Å². The molecule has 0 unspecified atom stereocenters. The van der Waals surface area contributed by atoms with Crippen molar-refractivity contribution in [2.45, 2.75) is 13.0 Å². The third-order valence-electron chi connectivity index (χ3n) is 4.07. The van der Waals surface area contributed by atoms with Crippen LogP contribution in [-0.4, -0.2) is 35.9 Å². The van der Waals surface area contributed by atoms with Crippen LogP contribution in [-0.2, 0) is 17.8 Å². The van der Waals surface area contributed by atoms with Gasteiger partial charge in [0.05, 0.1) is 30.5 Å². The van der Waals surface area contributed by atoms with E-state index in [0.29, 0.717) is 17.3 Å². The summed E-state index contributed by atoms with van der Waals surface area (Å²) in [7, 11) is 0. The van der Waals surface area contributed by atoms with E-state index in [0.717, 1.165) is 16.8 Å². The fourth-order valence-corrected chi connectivity index (χ4v) is 2.99. The van der Waals surface area contributed by atoms with E-state index in [2.05, 4.69) is 25.9 Å². The van der Waals surface area contributed by atoms with Crippen molar-refractivity contribution in [3.63, 3.8) is 0 Å². The molecule has 0 saturated heterocycles. The number of nitrogens with zero attached hydrogens (tertiary/aromatic N) is 6. The smallest absolute Gasteiger partial charge is 0.228 e. The average molecular weight is 394 g/mol. The van der Waals surface area contributed by atoms with E-state index in [1.165, 1.54) is 6.33 Å². The molecule has 0 spiro atoms. The van der Waals surface area contributed by atoms with Crippen molar-refractivity contribution in [3.05, 3.63) is 83.4 Å². The zero-order valence-electron chi connectivity index (χ0n) is 14.7. The van der Waals surface area contributed by atoms with Crippen LogP contribution in [0.15, 0.2) is 67.3 Å². The first-order valence-electron chi connectivity index (χ1n) is 8.55. The van der Waals surface area contributed by atoms with Gasteiger partial charge in [-0.1, -0.05) is 35.9 Å². The first-order chi connectivity index (χ1) is 13.7. The predicted octanol–water partition coefficient (Wildman–Crippen LogP) is 2.74. The van der Waals surface area contributed by atoms with Crippen LogP contribution in [0.3, 0.4) is 0 Å². The number of aromatic nitrogens is 6. The van der Waals surface area contributed by atoms with Crippen LogP contribution in [0.5, 0.6) is 0 Å². The zero-order chi connectivity index (χ0) is 19.3. The van der Waals surface area contributed by atoms with Crippen LogP contribution < -0.4 is 5.32 Å². The molecule has 1 N–H and O–H groups in total. The van der Waals surface area contributed by atoms with Crippen LogP contribution in [0.2, 0.25) is 5.02 Å². The van der Waals surface area contributed by atoms with Crippen LogP contribution in [0, 0.1) is 0 Å². The molecule has 9 heteroatoms. The Labute approximate surface area is 165 Å². The molecule has 140 valence electrons. The minimum absolute atomic E-state index is 0.113. The SMILES string of the molecule is O=C(Cc1ccc(-n2cnnn2)cc1)Nc1cnn(Cc2cccc(Cl)c2)c1. The minimum atomic E-state index is -0.113. The lowest BCUT2D eigenvalue weighted by molar-refractivity contribution is -0.115. The molecule has 0 radical (unpaired) electrons. The molecule has 4 aromatic rings. The summed E-state index contributed by atoms with van der Waals surface area (Å²) in [5, 5.41) is 18.9. The summed E-state index contributed by atoms with van der Waals surface area (Å²) in [6.07, 6.45) is 5.20. The van der Waals surface area contributed by atoms with Crippen molar-refractivity contribution in [1.29, 1.82) is 0 Å². The minimum Gasteiger partial charge on any atom is -0.323 e.